The Balaban J connectivity index is 0.00000225. The highest BCUT2D eigenvalue weighted by atomic mass is 35.5. The predicted octanol–water partition coefficient (Wildman–Crippen LogP) is 3.32. The molecule has 1 aliphatic heterocycles. The van der Waals surface area contributed by atoms with Gasteiger partial charge in [-0.25, -0.2) is 0 Å². The molecule has 2 aliphatic rings. The average molecular weight is 371 g/mol. The van der Waals surface area contributed by atoms with Gasteiger partial charge < -0.3 is 10.1 Å². The van der Waals surface area contributed by atoms with Crippen LogP contribution in [0.2, 0.25) is 0 Å². The summed E-state index contributed by atoms with van der Waals surface area (Å²) >= 11 is 0. The predicted molar refractivity (Wildman–Crippen MR) is 104 cm³/mol. The second-order valence-corrected chi connectivity index (χ2v) is 7.79. The fourth-order valence-electron chi connectivity index (χ4n) is 4.31. The second-order valence-electron chi connectivity index (χ2n) is 7.79. The molecular weight excluding hydrogens is 336 g/mol. The fraction of sp³-hybridized carbons (Fsp3) is 0.842. The number of nitrogens with one attached hydrogen (secondary N) is 1. The number of piperazine rings is 1. The van der Waals surface area contributed by atoms with E-state index in [1.165, 1.54) is 37.8 Å². The fourth-order valence-corrected chi connectivity index (χ4v) is 4.31. The summed E-state index contributed by atoms with van der Waals surface area (Å²) in [6, 6.07) is 3.95. The Kier molecular flexibility index (Phi) is 8.20. The van der Waals surface area contributed by atoms with Crippen molar-refractivity contribution in [2.24, 2.45) is 0 Å². The molecule has 0 aromatic carbocycles. The highest BCUT2D eigenvalue weighted by Crippen LogP contribution is 2.28. The van der Waals surface area contributed by atoms with Gasteiger partial charge in [0.2, 0.25) is 0 Å². The van der Waals surface area contributed by atoms with Gasteiger partial charge in [-0.2, -0.15) is 5.10 Å². The molecule has 6 heteroatoms. The molecule has 1 saturated carbocycles. The highest BCUT2D eigenvalue weighted by molar-refractivity contribution is 5.85. The first-order valence-electron chi connectivity index (χ1n) is 9.73. The molecule has 0 spiro atoms. The molecule has 0 radical (unpaired) electrons. The summed E-state index contributed by atoms with van der Waals surface area (Å²) in [5.41, 5.74) is 2.37. The minimum Gasteiger partial charge on any atom is -0.374 e. The van der Waals surface area contributed by atoms with Gasteiger partial charge in [0.05, 0.1) is 24.9 Å². The van der Waals surface area contributed by atoms with Gasteiger partial charge in [0.25, 0.3) is 0 Å². The minimum atomic E-state index is 0. The van der Waals surface area contributed by atoms with E-state index in [9.17, 15) is 0 Å². The van der Waals surface area contributed by atoms with Gasteiger partial charge in [-0.05, 0) is 39.7 Å². The minimum absolute atomic E-state index is 0. The van der Waals surface area contributed by atoms with Crippen LogP contribution in [0.15, 0.2) is 6.07 Å². The van der Waals surface area contributed by atoms with E-state index < -0.39 is 0 Å². The number of ether oxygens (including phenoxy) is 1. The molecule has 2 fully saturated rings. The van der Waals surface area contributed by atoms with Gasteiger partial charge in [0.15, 0.2) is 0 Å². The zero-order chi connectivity index (χ0) is 16.9. The molecule has 5 nitrogen and oxygen atoms in total. The Morgan fingerprint density at radius 2 is 1.84 bits per heavy atom. The summed E-state index contributed by atoms with van der Waals surface area (Å²) in [6.07, 6.45) is 6.63. The van der Waals surface area contributed by atoms with Gasteiger partial charge in [0, 0.05) is 37.4 Å². The van der Waals surface area contributed by atoms with E-state index >= 15 is 0 Å². The molecule has 1 aromatic rings. The van der Waals surface area contributed by atoms with Crippen LogP contribution in [0.4, 0.5) is 0 Å². The van der Waals surface area contributed by atoms with Gasteiger partial charge in [-0.15, -0.1) is 12.4 Å². The van der Waals surface area contributed by atoms with Gasteiger partial charge in [0.1, 0.15) is 0 Å². The lowest BCUT2D eigenvalue weighted by molar-refractivity contribution is 0.0745. The molecule has 144 valence electrons. The molecule has 1 aromatic heterocycles. The van der Waals surface area contributed by atoms with Crippen molar-refractivity contribution < 1.29 is 4.74 Å². The summed E-state index contributed by atoms with van der Waals surface area (Å²) in [5.74, 6) is 0. The Bertz CT molecular complexity index is 506. The number of aryl methyl sites for hydroxylation is 1. The summed E-state index contributed by atoms with van der Waals surface area (Å²) in [7, 11) is 0. The normalized spacial score (nSPS) is 25.7. The SMILES string of the molecule is Cc1cc(COCCN2CC(C)NC(C)C2)nn1C1CCCCC1.Cl. The van der Waals surface area contributed by atoms with Gasteiger partial charge >= 0.3 is 0 Å². The van der Waals surface area contributed by atoms with Crippen molar-refractivity contribution in [1.29, 1.82) is 0 Å². The van der Waals surface area contributed by atoms with Crippen molar-refractivity contribution in [1.82, 2.24) is 20.0 Å². The molecule has 0 bridgehead atoms. The highest BCUT2D eigenvalue weighted by Gasteiger charge is 2.21. The lowest BCUT2D eigenvalue weighted by Gasteiger charge is -2.35. The first-order chi connectivity index (χ1) is 11.6. The Morgan fingerprint density at radius 3 is 2.52 bits per heavy atom. The van der Waals surface area contributed by atoms with E-state index in [1.54, 1.807) is 0 Å². The lowest BCUT2D eigenvalue weighted by Crippen LogP contribution is -2.54. The first-order valence-corrected chi connectivity index (χ1v) is 9.73. The first kappa shape index (κ1) is 20.7. The third-order valence-corrected chi connectivity index (χ3v) is 5.33. The van der Waals surface area contributed by atoms with E-state index in [0.29, 0.717) is 24.7 Å². The topological polar surface area (TPSA) is 42.3 Å². The molecule has 2 unspecified atom stereocenters. The summed E-state index contributed by atoms with van der Waals surface area (Å²) in [4.78, 5) is 2.50. The molecular formula is C19H35ClN4O. The van der Waals surface area contributed by atoms with Crippen LogP contribution in [-0.2, 0) is 11.3 Å². The zero-order valence-electron chi connectivity index (χ0n) is 16.0. The number of rotatable bonds is 6. The molecule has 3 rings (SSSR count). The largest absolute Gasteiger partial charge is 0.374 e. The van der Waals surface area contributed by atoms with E-state index in [-0.39, 0.29) is 12.4 Å². The van der Waals surface area contributed by atoms with Gasteiger partial charge in [-0.3, -0.25) is 9.58 Å². The molecule has 2 heterocycles. The molecule has 1 saturated heterocycles. The van der Waals surface area contributed by atoms with Crippen molar-refractivity contribution in [2.45, 2.75) is 77.6 Å². The molecule has 1 N–H and O–H groups in total. The molecule has 1 aliphatic carbocycles. The third-order valence-electron chi connectivity index (χ3n) is 5.33. The maximum atomic E-state index is 5.91. The van der Waals surface area contributed by atoms with Crippen molar-refractivity contribution in [3.05, 3.63) is 17.5 Å². The summed E-state index contributed by atoms with van der Waals surface area (Å²) < 4.78 is 8.16. The van der Waals surface area contributed by atoms with Crippen molar-refractivity contribution in [3.8, 4) is 0 Å². The summed E-state index contributed by atoms with van der Waals surface area (Å²) in [5, 5.41) is 8.38. The van der Waals surface area contributed by atoms with Crippen LogP contribution < -0.4 is 5.32 Å². The zero-order valence-corrected chi connectivity index (χ0v) is 16.9. The van der Waals surface area contributed by atoms with Crippen molar-refractivity contribution in [3.63, 3.8) is 0 Å². The van der Waals surface area contributed by atoms with Crippen LogP contribution in [0.1, 0.15) is 63.4 Å². The quantitative estimate of drug-likeness (QED) is 0.780. The third kappa shape index (κ3) is 5.95. The molecule has 0 amide bonds. The number of hydrogen-bond donors (Lipinski definition) is 1. The van der Waals surface area contributed by atoms with Crippen LogP contribution in [0.25, 0.3) is 0 Å². The molecule has 2 atom stereocenters. The van der Waals surface area contributed by atoms with E-state index in [0.717, 1.165) is 31.9 Å². The van der Waals surface area contributed by atoms with Crippen LogP contribution in [0.3, 0.4) is 0 Å². The maximum absolute atomic E-state index is 5.91. The van der Waals surface area contributed by atoms with Crippen molar-refractivity contribution in [2.75, 3.05) is 26.2 Å². The Labute approximate surface area is 158 Å². The summed E-state index contributed by atoms with van der Waals surface area (Å²) in [6.45, 7) is 11.3. The lowest BCUT2D eigenvalue weighted by atomic mass is 9.95. The smallest absolute Gasteiger partial charge is 0.0907 e. The number of nitrogens with zero attached hydrogens (tertiary/aromatic N) is 3. The molecule has 25 heavy (non-hydrogen) atoms. The number of hydrogen-bond acceptors (Lipinski definition) is 4. The van der Waals surface area contributed by atoms with Crippen LogP contribution in [0, 0.1) is 6.92 Å². The second kappa shape index (κ2) is 9.91. The number of aromatic nitrogens is 2. The number of halogens is 1. The monoisotopic (exact) mass is 370 g/mol. The van der Waals surface area contributed by atoms with E-state index in [2.05, 4.69) is 41.7 Å². The van der Waals surface area contributed by atoms with Crippen LogP contribution >= 0.6 is 12.4 Å². The van der Waals surface area contributed by atoms with E-state index in [1.807, 2.05) is 0 Å². The average Bonchev–Trinajstić information content (AvgIpc) is 2.92. The van der Waals surface area contributed by atoms with Crippen LogP contribution in [0.5, 0.6) is 0 Å². The van der Waals surface area contributed by atoms with Gasteiger partial charge in [-0.1, -0.05) is 19.3 Å². The Hall–Kier alpha value is -0.620. The van der Waals surface area contributed by atoms with Crippen LogP contribution in [-0.4, -0.2) is 53.0 Å². The van der Waals surface area contributed by atoms with Crippen molar-refractivity contribution >= 4 is 12.4 Å². The van der Waals surface area contributed by atoms with E-state index in [4.69, 9.17) is 9.84 Å². The maximum Gasteiger partial charge on any atom is 0.0907 e. The Morgan fingerprint density at radius 1 is 1.16 bits per heavy atom. The standard InChI is InChI=1S/C19H34N4O.ClH/c1-15-12-22(13-16(2)20-15)9-10-24-14-18-11-17(3)23(21-18)19-7-5-4-6-8-19;/h11,15-16,19-20H,4-10,12-14H2,1-3H3;1H.